The second-order valence-electron chi connectivity index (χ2n) is 4.48. The molecule has 2 aliphatic heterocycles. The molecule has 1 atom stereocenters. The van der Waals surface area contributed by atoms with E-state index in [-0.39, 0.29) is 30.3 Å². The van der Waals surface area contributed by atoms with Crippen LogP contribution < -0.4 is 5.32 Å². The molecule has 0 bridgehead atoms. The topological polar surface area (TPSA) is 58.6 Å². The van der Waals surface area contributed by atoms with Crippen LogP contribution in [0.4, 0.5) is 0 Å². The van der Waals surface area contributed by atoms with Crippen LogP contribution in [0.1, 0.15) is 25.7 Å². The average molecular weight is 236 g/mol. The summed E-state index contributed by atoms with van der Waals surface area (Å²) in [5, 5.41) is 12.0. The third kappa shape index (κ3) is 3.06. The average Bonchev–Trinajstić information content (AvgIpc) is 2.49. The number of halogens is 1. The van der Waals surface area contributed by atoms with Gasteiger partial charge in [-0.1, -0.05) is 0 Å². The fourth-order valence-corrected chi connectivity index (χ4v) is 2.53. The van der Waals surface area contributed by atoms with Crippen LogP contribution in [0.5, 0.6) is 0 Å². The SMILES string of the molecule is Cl.O=C(O)CC1CC2(CCNCC2)CO1. The van der Waals surface area contributed by atoms with Gasteiger partial charge in [-0.2, -0.15) is 0 Å². The summed E-state index contributed by atoms with van der Waals surface area (Å²) in [5.74, 6) is -0.749. The highest BCUT2D eigenvalue weighted by atomic mass is 35.5. The summed E-state index contributed by atoms with van der Waals surface area (Å²) < 4.78 is 5.55. The molecular weight excluding hydrogens is 218 g/mol. The minimum atomic E-state index is -0.749. The lowest BCUT2D eigenvalue weighted by Gasteiger charge is -2.32. The highest BCUT2D eigenvalue weighted by molar-refractivity contribution is 5.85. The number of nitrogens with one attached hydrogen (secondary N) is 1. The van der Waals surface area contributed by atoms with Crippen LogP contribution >= 0.6 is 12.4 Å². The predicted octanol–water partition coefficient (Wildman–Crippen LogP) is 1.04. The van der Waals surface area contributed by atoms with Gasteiger partial charge < -0.3 is 15.2 Å². The summed E-state index contributed by atoms with van der Waals surface area (Å²) in [5.41, 5.74) is 0.283. The van der Waals surface area contributed by atoms with E-state index in [0.29, 0.717) is 0 Å². The molecule has 0 aliphatic carbocycles. The second-order valence-corrected chi connectivity index (χ2v) is 4.48. The quantitative estimate of drug-likeness (QED) is 0.751. The highest BCUT2D eigenvalue weighted by Gasteiger charge is 2.41. The maximum absolute atomic E-state index is 10.5. The summed E-state index contributed by atoms with van der Waals surface area (Å²) in [6.45, 7) is 2.85. The zero-order chi connectivity index (χ0) is 10.0. The Morgan fingerprint density at radius 3 is 2.73 bits per heavy atom. The molecule has 1 spiro atoms. The van der Waals surface area contributed by atoms with E-state index in [9.17, 15) is 4.79 Å². The highest BCUT2D eigenvalue weighted by Crippen LogP contribution is 2.41. The summed E-state index contributed by atoms with van der Waals surface area (Å²) in [6.07, 6.45) is 3.30. The number of hydrogen-bond acceptors (Lipinski definition) is 3. The number of ether oxygens (including phenoxy) is 1. The lowest BCUT2D eigenvalue weighted by molar-refractivity contribution is -0.139. The smallest absolute Gasteiger partial charge is 0.305 e. The molecule has 5 heteroatoms. The molecule has 15 heavy (non-hydrogen) atoms. The van der Waals surface area contributed by atoms with Crippen molar-refractivity contribution in [2.45, 2.75) is 31.8 Å². The van der Waals surface area contributed by atoms with Crippen molar-refractivity contribution in [2.24, 2.45) is 5.41 Å². The first-order chi connectivity index (χ1) is 6.70. The van der Waals surface area contributed by atoms with Crippen molar-refractivity contribution >= 4 is 18.4 Å². The van der Waals surface area contributed by atoms with Gasteiger partial charge in [-0.15, -0.1) is 12.4 Å². The monoisotopic (exact) mass is 235 g/mol. The van der Waals surface area contributed by atoms with Crippen LogP contribution in [-0.4, -0.2) is 36.9 Å². The molecule has 4 nitrogen and oxygen atoms in total. The lowest BCUT2D eigenvalue weighted by atomic mass is 9.77. The van der Waals surface area contributed by atoms with E-state index in [1.54, 1.807) is 0 Å². The van der Waals surface area contributed by atoms with E-state index in [1.807, 2.05) is 0 Å². The maximum atomic E-state index is 10.5. The van der Waals surface area contributed by atoms with Gasteiger partial charge in [0.15, 0.2) is 0 Å². The maximum Gasteiger partial charge on any atom is 0.305 e. The first-order valence-corrected chi connectivity index (χ1v) is 5.24. The zero-order valence-corrected chi connectivity index (χ0v) is 9.52. The first kappa shape index (κ1) is 12.7. The van der Waals surface area contributed by atoms with Crippen LogP contribution in [0.25, 0.3) is 0 Å². The van der Waals surface area contributed by atoms with Gasteiger partial charge in [-0.25, -0.2) is 0 Å². The molecule has 2 aliphatic rings. The van der Waals surface area contributed by atoms with Gasteiger partial charge in [-0.05, 0) is 37.8 Å². The molecule has 0 amide bonds. The largest absolute Gasteiger partial charge is 0.481 e. The number of piperidine rings is 1. The molecule has 2 heterocycles. The number of carboxylic acids is 1. The number of carbonyl (C=O) groups is 1. The first-order valence-electron chi connectivity index (χ1n) is 5.24. The standard InChI is InChI=1S/C10H17NO3.ClH/c12-9(13)5-8-6-10(7-14-8)1-3-11-4-2-10;/h8,11H,1-7H2,(H,12,13);1H. The zero-order valence-electron chi connectivity index (χ0n) is 8.70. The van der Waals surface area contributed by atoms with Gasteiger partial charge in [0.05, 0.1) is 19.1 Å². The summed E-state index contributed by atoms with van der Waals surface area (Å²) in [6, 6.07) is 0. The lowest BCUT2D eigenvalue weighted by Crippen LogP contribution is -2.37. The molecular formula is C10H18ClNO3. The minimum Gasteiger partial charge on any atom is -0.481 e. The molecule has 2 fully saturated rings. The number of hydrogen-bond donors (Lipinski definition) is 2. The van der Waals surface area contributed by atoms with E-state index >= 15 is 0 Å². The van der Waals surface area contributed by atoms with Crippen molar-refractivity contribution in [1.29, 1.82) is 0 Å². The molecule has 0 radical (unpaired) electrons. The van der Waals surface area contributed by atoms with Crippen molar-refractivity contribution in [2.75, 3.05) is 19.7 Å². The van der Waals surface area contributed by atoms with E-state index in [1.165, 1.54) is 0 Å². The molecule has 0 aromatic rings. The van der Waals surface area contributed by atoms with Gasteiger partial charge in [-0.3, -0.25) is 4.79 Å². The fourth-order valence-electron chi connectivity index (χ4n) is 2.53. The van der Waals surface area contributed by atoms with Crippen molar-refractivity contribution in [3.8, 4) is 0 Å². The minimum absolute atomic E-state index is 0. The van der Waals surface area contributed by atoms with Crippen LogP contribution in [0.3, 0.4) is 0 Å². The Kier molecular flexibility index (Phi) is 4.37. The normalized spacial score (nSPS) is 28.7. The van der Waals surface area contributed by atoms with Gasteiger partial charge >= 0.3 is 5.97 Å². The molecule has 1 unspecified atom stereocenters. The van der Waals surface area contributed by atoms with Gasteiger partial charge in [0.1, 0.15) is 0 Å². The van der Waals surface area contributed by atoms with Gasteiger partial charge in [0.2, 0.25) is 0 Å². The Balaban J connectivity index is 0.00000112. The summed E-state index contributed by atoms with van der Waals surface area (Å²) in [4.78, 5) is 10.5. The van der Waals surface area contributed by atoms with E-state index in [2.05, 4.69) is 5.32 Å². The van der Waals surface area contributed by atoms with Crippen molar-refractivity contribution in [3.63, 3.8) is 0 Å². The number of aliphatic carboxylic acids is 1. The third-order valence-electron chi connectivity index (χ3n) is 3.35. The van der Waals surface area contributed by atoms with Crippen LogP contribution in [0.15, 0.2) is 0 Å². The van der Waals surface area contributed by atoms with Crippen LogP contribution in [-0.2, 0) is 9.53 Å². The molecule has 2 saturated heterocycles. The number of rotatable bonds is 2. The molecule has 88 valence electrons. The van der Waals surface area contributed by atoms with E-state index in [4.69, 9.17) is 9.84 Å². The third-order valence-corrected chi connectivity index (χ3v) is 3.35. The van der Waals surface area contributed by atoms with Crippen LogP contribution in [0.2, 0.25) is 0 Å². The summed E-state index contributed by atoms with van der Waals surface area (Å²) >= 11 is 0. The molecule has 0 aromatic heterocycles. The van der Waals surface area contributed by atoms with Gasteiger partial charge in [0, 0.05) is 0 Å². The molecule has 0 saturated carbocycles. The van der Waals surface area contributed by atoms with Crippen molar-refractivity contribution in [3.05, 3.63) is 0 Å². The van der Waals surface area contributed by atoms with Gasteiger partial charge in [0.25, 0.3) is 0 Å². The summed E-state index contributed by atoms with van der Waals surface area (Å²) in [7, 11) is 0. The Bertz CT molecular complexity index is 229. The van der Waals surface area contributed by atoms with Crippen LogP contribution in [0, 0.1) is 5.41 Å². The van der Waals surface area contributed by atoms with E-state index < -0.39 is 5.97 Å². The Morgan fingerprint density at radius 1 is 1.47 bits per heavy atom. The predicted molar refractivity (Wildman–Crippen MR) is 58.4 cm³/mol. The fraction of sp³-hybridized carbons (Fsp3) is 0.900. The van der Waals surface area contributed by atoms with Crippen molar-refractivity contribution in [1.82, 2.24) is 5.32 Å². The molecule has 2 N–H and O–H groups in total. The second kappa shape index (κ2) is 5.14. The molecule has 0 aromatic carbocycles. The van der Waals surface area contributed by atoms with Crippen molar-refractivity contribution < 1.29 is 14.6 Å². The Labute approximate surface area is 95.8 Å². The van der Waals surface area contributed by atoms with E-state index in [0.717, 1.165) is 39.0 Å². The molecule has 2 rings (SSSR count). The Hall–Kier alpha value is -0.320. The number of carboxylic acid groups (broad SMARTS) is 1. The Morgan fingerprint density at radius 2 is 2.13 bits per heavy atom.